The predicted octanol–water partition coefficient (Wildman–Crippen LogP) is 1.10. The van der Waals surface area contributed by atoms with Crippen molar-refractivity contribution in [3.63, 3.8) is 0 Å². The molecule has 0 saturated carbocycles. The van der Waals surface area contributed by atoms with Gasteiger partial charge in [0, 0.05) is 28.9 Å². The molecule has 0 unspecified atom stereocenters. The second-order valence-corrected chi connectivity index (χ2v) is 5.70. The van der Waals surface area contributed by atoms with Crippen LogP contribution in [-0.2, 0) is 0 Å². The normalized spacial score (nSPS) is 12.5. The van der Waals surface area contributed by atoms with Crippen molar-refractivity contribution < 1.29 is 5.11 Å². The molecule has 2 heterocycles. The van der Waals surface area contributed by atoms with Crippen molar-refractivity contribution in [3.8, 4) is 11.3 Å². The maximum absolute atomic E-state index is 9.27. The first-order valence-corrected chi connectivity index (χ1v) is 7.45. The number of nitrogens with zero attached hydrogens (tertiary/aromatic N) is 3. The van der Waals surface area contributed by atoms with Crippen LogP contribution in [0.5, 0.6) is 0 Å². The Morgan fingerprint density at radius 2 is 2.18 bits per heavy atom. The quantitative estimate of drug-likeness (QED) is 0.708. The Labute approximate surface area is 134 Å². The second kappa shape index (κ2) is 5.98. The SMILES string of the molecule is Bc1cnn2c(N[C@H](C)CO)cc(-c3ccccc3Cl)nc12. The molecule has 1 aromatic carbocycles. The monoisotopic (exact) mass is 314 g/mol. The van der Waals surface area contributed by atoms with Crippen molar-refractivity contribution in [2.75, 3.05) is 11.9 Å². The molecule has 7 heteroatoms. The van der Waals surface area contributed by atoms with Gasteiger partial charge in [-0.05, 0) is 18.5 Å². The highest BCUT2D eigenvalue weighted by molar-refractivity contribution is 6.36. The van der Waals surface area contributed by atoms with E-state index in [9.17, 15) is 5.11 Å². The number of halogens is 1. The summed E-state index contributed by atoms with van der Waals surface area (Å²) in [6.45, 7) is 1.93. The topological polar surface area (TPSA) is 62.5 Å². The van der Waals surface area contributed by atoms with E-state index in [1.807, 2.05) is 45.1 Å². The highest BCUT2D eigenvalue weighted by atomic mass is 35.5. The highest BCUT2D eigenvalue weighted by Gasteiger charge is 2.13. The number of nitrogens with one attached hydrogen (secondary N) is 1. The molecule has 112 valence electrons. The van der Waals surface area contributed by atoms with Gasteiger partial charge >= 0.3 is 0 Å². The number of aliphatic hydroxyl groups is 1. The lowest BCUT2D eigenvalue weighted by Gasteiger charge is -2.15. The molecule has 3 aromatic rings. The molecular formula is C15H16BClN4O. The zero-order valence-corrected chi connectivity index (χ0v) is 13.2. The number of benzene rings is 1. The van der Waals surface area contributed by atoms with Gasteiger partial charge in [-0.1, -0.05) is 29.8 Å². The lowest BCUT2D eigenvalue weighted by Crippen LogP contribution is -2.21. The van der Waals surface area contributed by atoms with Crippen LogP contribution in [0.15, 0.2) is 36.5 Å². The van der Waals surface area contributed by atoms with E-state index < -0.39 is 0 Å². The third-order valence-electron chi connectivity index (χ3n) is 3.47. The number of anilines is 1. The third-order valence-corrected chi connectivity index (χ3v) is 3.80. The molecule has 2 N–H and O–H groups in total. The van der Waals surface area contributed by atoms with E-state index in [0.717, 1.165) is 28.2 Å². The van der Waals surface area contributed by atoms with Crippen molar-refractivity contribution in [2.45, 2.75) is 13.0 Å². The average molecular weight is 315 g/mol. The van der Waals surface area contributed by atoms with Gasteiger partial charge in [0.05, 0.1) is 12.3 Å². The molecule has 2 aromatic heterocycles. The first-order chi connectivity index (χ1) is 10.6. The summed E-state index contributed by atoms with van der Waals surface area (Å²) in [4.78, 5) is 4.67. The van der Waals surface area contributed by atoms with Crippen molar-refractivity contribution in [2.24, 2.45) is 0 Å². The average Bonchev–Trinajstić information content (AvgIpc) is 2.89. The number of hydrogen-bond acceptors (Lipinski definition) is 4. The fourth-order valence-electron chi connectivity index (χ4n) is 2.28. The van der Waals surface area contributed by atoms with Crippen molar-refractivity contribution >= 4 is 36.4 Å². The van der Waals surface area contributed by atoms with Crippen LogP contribution in [0.1, 0.15) is 6.92 Å². The van der Waals surface area contributed by atoms with Crippen molar-refractivity contribution in [1.82, 2.24) is 14.6 Å². The molecule has 3 rings (SSSR count). The first kappa shape index (κ1) is 14.9. The summed E-state index contributed by atoms with van der Waals surface area (Å²) in [5.41, 5.74) is 3.39. The summed E-state index contributed by atoms with van der Waals surface area (Å²) in [6, 6.07) is 9.41. The molecule has 0 radical (unpaired) electrons. The van der Waals surface area contributed by atoms with E-state index >= 15 is 0 Å². The maximum Gasteiger partial charge on any atom is 0.151 e. The largest absolute Gasteiger partial charge is 0.394 e. The lowest BCUT2D eigenvalue weighted by atomic mass is 10.0. The van der Waals surface area contributed by atoms with Crippen molar-refractivity contribution in [3.05, 3.63) is 41.6 Å². The fraction of sp³-hybridized carbons (Fsp3) is 0.200. The maximum atomic E-state index is 9.27. The number of rotatable bonds is 4. The number of fused-ring (bicyclic) bond motifs is 1. The summed E-state index contributed by atoms with van der Waals surface area (Å²) >= 11 is 6.29. The Balaban J connectivity index is 2.19. The van der Waals surface area contributed by atoms with E-state index in [1.165, 1.54) is 0 Å². The van der Waals surface area contributed by atoms with E-state index in [4.69, 9.17) is 11.6 Å². The van der Waals surface area contributed by atoms with Crippen LogP contribution in [0.4, 0.5) is 5.82 Å². The molecule has 0 fully saturated rings. The number of aliphatic hydroxyl groups excluding tert-OH is 1. The van der Waals surface area contributed by atoms with E-state index in [0.29, 0.717) is 5.02 Å². The molecule has 0 aliphatic rings. The zero-order chi connectivity index (χ0) is 15.7. The standard InChI is InChI=1S/C15H16BClN4O/c1-9(8-22)19-14-6-13(10-4-2-3-5-12(10)17)20-15-11(16)7-18-21(14)15/h2-7,9,19,22H,8,16H2,1H3/t9-/m1/s1. The van der Waals surface area contributed by atoms with Gasteiger partial charge in [-0.3, -0.25) is 0 Å². The van der Waals surface area contributed by atoms with Crippen molar-refractivity contribution in [1.29, 1.82) is 0 Å². The lowest BCUT2D eigenvalue weighted by molar-refractivity contribution is 0.281. The van der Waals surface area contributed by atoms with Gasteiger partial charge in [-0.2, -0.15) is 9.61 Å². The molecular weight excluding hydrogens is 298 g/mol. The highest BCUT2D eigenvalue weighted by Crippen LogP contribution is 2.28. The van der Waals surface area contributed by atoms with Gasteiger partial charge in [-0.15, -0.1) is 0 Å². The van der Waals surface area contributed by atoms with E-state index in [-0.39, 0.29) is 12.6 Å². The van der Waals surface area contributed by atoms with Gasteiger partial charge in [0.25, 0.3) is 0 Å². The van der Waals surface area contributed by atoms with E-state index in [1.54, 1.807) is 10.7 Å². The molecule has 0 amide bonds. The fourth-order valence-corrected chi connectivity index (χ4v) is 2.51. The van der Waals surface area contributed by atoms with Crippen LogP contribution in [0.25, 0.3) is 16.9 Å². The Morgan fingerprint density at radius 3 is 2.91 bits per heavy atom. The predicted molar refractivity (Wildman–Crippen MR) is 91.8 cm³/mol. The summed E-state index contributed by atoms with van der Waals surface area (Å²) in [5, 5.41) is 17.5. The van der Waals surface area contributed by atoms with Crippen LogP contribution >= 0.6 is 11.6 Å². The number of aromatic nitrogens is 3. The Bertz CT molecular complexity index is 820. The Hall–Kier alpha value is -2.05. The van der Waals surface area contributed by atoms with Gasteiger partial charge < -0.3 is 10.4 Å². The molecule has 0 spiro atoms. The smallest absolute Gasteiger partial charge is 0.151 e. The molecule has 0 aliphatic heterocycles. The molecule has 5 nitrogen and oxygen atoms in total. The van der Waals surface area contributed by atoms with Crippen LogP contribution in [-0.4, -0.2) is 40.2 Å². The van der Waals surface area contributed by atoms with Crippen LogP contribution in [0, 0.1) is 0 Å². The first-order valence-electron chi connectivity index (χ1n) is 7.08. The number of hydrogen-bond donors (Lipinski definition) is 2. The van der Waals surface area contributed by atoms with Crippen LogP contribution in [0.3, 0.4) is 0 Å². The minimum atomic E-state index is -0.0887. The molecule has 0 bridgehead atoms. The second-order valence-electron chi connectivity index (χ2n) is 5.30. The van der Waals surface area contributed by atoms with Crippen LogP contribution in [0.2, 0.25) is 5.02 Å². The zero-order valence-electron chi connectivity index (χ0n) is 12.4. The summed E-state index contributed by atoms with van der Waals surface area (Å²) in [6.07, 6.45) is 1.77. The minimum Gasteiger partial charge on any atom is -0.394 e. The molecule has 0 aliphatic carbocycles. The minimum absolute atomic E-state index is 0.0332. The molecule has 0 saturated heterocycles. The Morgan fingerprint density at radius 1 is 1.41 bits per heavy atom. The van der Waals surface area contributed by atoms with Gasteiger partial charge in [0.15, 0.2) is 5.65 Å². The van der Waals surface area contributed by atoms with Crippen LogP contribution < -0.4 is 10.8 Å². The van der Waals surface area contributed by atoms with Gasteiger partial charge in [0.2, 0.25) is 0 Å². The Kier molecular flexibility index (Phi) is 4.05. The molecule has 1 atom stereocenters. The summed E-state index contributed by atoms with van der Waals surface area (Å²) in [5.74, 6) is 0.773. The molecule has 22 heavy (non-hydrogen) atoms. The summed E-state index contributed by atoms with van der Waals surface area (Å²) < 4.78 is 1.74. The third kappa shape index (κ3) is 2.67. The summed E-state index contributed by atoms with van der Waals surface area (Å²) in [7, 11) is 1.96. The van der Waals surface area contributed by atoms with Gasteiger partial charge in [-0.25, -0.2) is 4.98 Å². The van der Waals surface area contributed by atoms with Gasteiger partial charge in [0.1, 0.15) is 13.7 Å². The van der Waals surface area contributed by atoms with E-state index in [2.05, 4.69) is 15.4 Å².